The molecule has 0 fully saturated rings. The summed E-state index contributed by atoms with van der Waals surface area (Å²) in [6, 6.07) is 5.08. The molecule has 1 atom stereocenters. The van der Waals surface area contributed by atoms with E-state index < -0.39 is 29.4 Å². The van der Waals surface area contributed by atoms with Gasteiger partial charge in [0.2, 0.25) is 0 Å². The zero-order chi connectivity index (χ0) is 17.9. The molecule has 0 radical (unpaired) electrons. The summed E-state index contributed by atoms with van der Waals surface area (Å²) in [7, 11) is 1.55. The number of Topliss-reactive ketones (excluding diaryl/α,β-unsaturated/α-hetero) is 1. The number of ether oxygens (including phenoxy) is 1. The minimum atomic E-state index is -0.912. The summed E-state index contributed by atoms with van der Waals surface area (Å²) in [4.78, 5) is 26.3. The summed E-state index contributed by atoms with van der Waals surface area (Å²) in [5, 5.41) is 10.2. The first-order valence-corrected chi connectivity index (χ1v) is 7.91. The minimum absolute atomic E-state index is 0.0301. The van der Waals surface area contributed by atoms with Crippen molar-refractivity contribution in [3.8, 4) is 0 Å². The number of aliphatic hydroxyl groups excluding tert-OH is 1. The Morgan fingerprint density at radius 1 is 1.38 bits per heavy atom. The summed E-state index contributed by atoms with van der Waals surface area (Å²) < 4.78 is 19.3. The van der Waals surface area contributed by atoms with E-state index in [0.717, 1.165) is 0 Å². The van der Waals surface area contributed by atoms with Gasteiger partial charge in [-0.3, -0.25) is 9.59 Å². The van der Waals surface area contributed by atoms with Crippen molar-refractivity contribution in [3.63, 3.8) is 0 Å². The van der Waals surface area contributed by atoms with Crippen LogP contribution < -0.4 is 0 Å². The average Bonchev–Trinajstić information content (AvgIpc) is 2.79. The van der Waals surface area contributed by atoms with E-state index in [0.29, 0.717) is 13.0 Å². The molecule has 0 bridgehead atoms. The number of aliphatic hydroxyl groups is 1. The first-order valence-electron chi connectivity index (χ1n) is 7.91. The van der Waals surface area contributed by atoms with Gasteiger partial charge in [-0.15, -0.1) is 0 Å². The van der Waals surface area contributed by atoms with Crippen molar-refractivity contribution in [3.05, 3.63) is 47.0 Å². The molecule has 130 valence electrons. The molecule has 1 unspecified atom stereocenters. The third kappa shape index (κ3) is 3.33. The van der Waals surface area contributed by atoms with E-state index in [-0.39, 0.29) is 23.5 Å². The lowest BCUT2D eigenvalue weighted by molar-refractivity contribution is -0.129. The van der Waals surface area contributed by atoms with E-state index in [1.54, 1.807) is 33.1 Å². The highest BCUT2D eigenvalue weighted by Crippen LogP contribution is 2.39. The lowest BCUT2D eigenvalue weighted by atomic mass is 9.91. The Labute approximate surface area is 140 Å². The van der Waals surface area contributed by atoms with E-state index in [1.807, 2.05) is 0 Å². The first-order chi connectivity index (χ1) is 11.4. The number of carbonyl (C=O) groups excluding carboxylic acids is 2. The van der Waals surface area contributed by atoms with Gasteiger partial charge in [-0.1, -0.05) is 32.0 Å². The van der Waals surface area contributed by atoms with Crippen molar-refractivity contribution in [2.24, 2.45) is 5.92 Å². The number of rotatable bonds is 7. The van der Waals surface area contributed by atoms with Crippen molar-refractivity contribution in [2.75, 3.05) is 20.3 Å². The Kier molecular flexibility index (Phi) is 5.72. The number of methoxy groups -OCH3 is 1. The summed E-state index contributed by atoms with van der Waals surface area (Å²) in [5.74, 6) is -2.52. The van der Waals surface area contributed by atoms with Gasteiger partial charge in [0.05, 0.1) is 11.6 Å². The van der Waals surface area contributed by atoms with Crippen LogP contribution in [-0.2, 0) is 14.3 Å². The quantitative estimate of drug-likeness (QED) is 0.778. The maximum atomic E-state index is 14.3. The van der Waals surface area contributed by atoms with Crippen LogP contribution in [-0.4, -0.2) is 42.0 Å². The van der Waals surface area contributed by atoms with Crippen LogP contribution in [0.4, 0.5) is 4.39 Å². The van der Waals surface area contributed by atoms with Crippen molar-refractivity contribution in [2.45, 2.75) is 26.3 Å². The molecule has 5 nitrogen and oxygen atoms in total. The fourth-order valence-corrected chi connectivity index (χ4v) is 2.85. The van der Waals surface area contributed by atoms with Crippen LogP contribution in [0, 0.1) is 11.7 Å². The SMILES string of the molecule is COCCCN1C(=O)C(O)=C(C(=O)C(C)C)C1c1ccccc1F. The zero-order valence-corrected chi connectivity index (χ0v) is 14.1. The maximum absolute atomic E-state index is 14.3. The number of ketones is 1. The largest absolute Gasteiger partial charge is 0.503 e. The fourth-order valence-electron chi connectivity index (χ4n) is 2.85. The predicted molar refractivity (Wildman–Crippen MR) is 86.8 cm³/mol. The monoisotopic (exact) mass is 335 g/mol. The highest BCUT2D eigenvalue weighted by atomic mass is 19.1. The molecule has 24 heavy (non-hydrogen) atoms. The van der Waals surface area contributed by atoms with Crippen molar-refractivity contribution < 1.29 is 23.8 Å². The second kappa shape index (κ2) is 7.57. The number of benzene rings is 1. The number of amides is 1. The van der Waals surface area contributed by atoms with Gasteiger partial charge >= 0.3 is 0 Å². The molecule has 6 heteroatoms. The number of halogens is 1. The van der Waals surface area contributed by atoms with E-state index in [4.69, 9.17) is 4.74 Å². The van der Waals surface area contributed by atoms with E-state index in [1.165, 1.54) is 17.0 Å². The zero-order valence-electron chi connectivity index (χ0n) is 14.1. The summed E-state index contributed by atoms with van der Waals surface area (Å²) in [5.41, 5.74) is 0.175. The van der Waals surface area contributed by atoms with Gasteiger partial charge in [0.15, 0.2) is 11.5 Å². The molecular formula is C18H22FNO4. The normalized spacial score (nSPS) is 18.0. The molecule has 1 amide bonds. The van der Waals surface area contributed by atoms with Gasteiger partial charge in [0, 0.05) is 31.7 Å². The number of hydrogen-bond donors (Lipinski definition) is 1. The molecule has 0 saturated carbocycles. The van der Waals surface area contributed by atoms with Crippen LogP contribution in [0.3, 0.4) is 0 Å². The average molecular weight is 335 g/mol. The van der Waals surface area contributed by atoms with Gasteiger partial charge in [0.1, 0.15) is 5.82 Å². The van der Waals surface area contributed by atoms with Crippen molar-refractivity contribution >= 4 is 11.7 Å². The van der Waals surface area contributed by atoms with Crippen LogP contribution >= 0.6 is 0 Å². The second-order valence-electron chi connectivity index (χ2n) is 6.05. The minimum Gasteiger partial charge on any atom is -0.503 e. The summed E-state index contributed by atoms with van der Waals surface area (Å²) >= 11 is 0. The molecule has 1 aliphatic rings. The van der Waals surface area contributed by atoms with Crippen LogP contribution in [0.15, 0.2) is 35.6 Å². The van der Waals surface area contributed by atoms with Crippen molar-refractivity contribution in [1.29, 1.82) is 0 Å². The van der Waals surface area contributed by atoms with Crippen LogP contribution in [0.5, 0.6) is 0 Å². The molecule has 0 spiro atoms. The van der Waals surface area contributed by atoms with Crippen LogP contribution in [0.1, 0.15) is 31.9 Å². The van der Waals surface area contributed by atoms with Gasteiger partial charge in [-0.05, 0) is 12.5 Å². The first kappa shape index (κ1) is 18.1. The molecule has 1 aliphatic heterocycles. The molecule has 1 aromatic carbocycles. The second-order valence-corrected chi connectivity index (χ2v) is 6.05. The maximum Gasteiger partial charge on any atom is 0.290 e. The highest BCUT2D eigenvalue weighted by molar-refractivity contribution is 6.09. The molecular weight excluding hydrogens is 313 g/mol. The number of nitrogens with zero attached hydrogens (tertiary/aromatic N) is 1. The van der Waals surface area contributed by atoms with Gasteiger partial charge in [0.25, 0.3) is 5.91 Å². The molecule has 2 rings (SSSR count). The Hall–Kier alpha value is -2.21. The molecule has 0 aliphatic carbocycles. The number of hydrogen-bond acceptors (Lipinski definition) is 4. The van der Waals surface area contributed by atoms with Crippen LogP contribution in [0.2, 0.25) is 0 Å². The van der Waals surface area contributed by atoms with Crippen molar-refractivity contribution in [1.82, 2.24) is 4.90 Å². The summed E-state index contributed by atoms with van der Waals surface area (Å²) in [6.45, 7) is 4.03. The highest BCUT2D eigenvalue weighted by Gasteiger charge is 2.44. The van der Waals surface area contributed by atoms with E-state index >= 15 is 0 Å². The van der Waals surface area contributed by atoms with E-state index in [9.17, 15) is 19.1 Å². The lowest BCUT2D eigenvalue weighted by Gasteiger charge is -2.27. The number of carbonyl (C=O) groups is 2. The predicted octanol–water partition coefficient (Wildman–Crippen LogP) is 2.78. The summed E-state index contributed by atoms with van der Waals surface area (Å²) in [6.07, 6.45) is 0.517. The Morgan fingerprint density at radius 2 is 2.04 bits per heavy atom. The smallest absolute Gasteiger partial charge is 0.290 e. The Bertz CT molecular complexity index is 669. The molecule has 1 aromatic rings. The van der Waals surface area contributed by atoms with Gasteiger partial charge < -0.3 is 14.7 Å². The molecule has 0 aromatic heterocycles. The third-order valence-electron chi connectivity index (χ3n) is 4.04. The molecule has 0 saturated heterocycles. The lowest BCUT2D eigenvalue weighted by Crippen LogP contribution is -2.33. The van der Waals surface area contributed by atoms with Crippen LogP contribution in [0.25, 0.3) is 0 Å². The third-order valence-corrected chi connectivity index (χ3v) is 4.04. The Morgan fingerprint density at radius 3 is 2.62 bits per heavy atom. The Balaban J connectivity index is 2.49. The fraction of sp³-hybridized carbons (Fsp3) is 0.444. The topological polar surface area (TPSA) is 66.8 Å². The van der Waals surface area contributed by atoms with Gasteiger partial charge in [-0.25, -0.2) is 4.39 Å². The standard InChI is InChI=1S/C18H22FNO4/c1-11(2)16(21)14-15(12-7-4-5-8-13(12)19)20(9-6-10-24-3)18(23)17(14)22/h4-5,7-8,11,15,22H,6,9-10H2,1-3H3. The van der Waals surface area contributed by atoms with E-state index in [2.05, 4.69) is 0 Å². The van der Waals surface area contributed by atoms with Gasteiger partial charge in [-0.2, -0.15) is 0 Å². The molecule has 1 N–H and O–H groups in total. The molecule has 1 heterocycles.